The van der Waals surface area contributed by atoms with E-state index >= 15 is 0 Å². The monoisotopic (exact) mass is 441 g/mol. The van der Waals surface area contributed by atoms with Gasteiger partial charge in [0.05, 0.1) is 5.57 Å². The fraction of sp³-hybridized carbons (Fsp3) is 0.286. The first-order valence-corrected chi connectivity index (χ1v) is 9.83. The van der Waals surface area contributed by atoms with Gasteiger partial charge in [-0.2, -0.15) is 0 Å². The first kappa shape index (κ1) is 17.4. The number of anilines is 1. The number of likely N-dealkylation sites (N-methyl/N-ethyl adjacent to an activating group) is 1. The standard InChI is InChI=1S/C21H16BrNO5/c1-10-9-15-18(19(25)27-10)21(17-13(24)7-4-8-14(17)28-15)16-11(22)5-3-6-12(16)23(2)20(21)26/h3,5-6,9H,4,7-8H2,1-2H3/t21-/m0/s1. The van der Waals surface area contributed by atoms with E-state index in [0.717, 1.165) is 0 Å². The van der Waals surface area contributed by atoms with Gasteiger partial charge < -0.3 is 14.1 Å². The summed E-state index contributed by atoms with van der Waals surface area (Å²) in [6.45, 7) is 1.65. The van der Waals surface area contributed by atoms with E-state index in [1.165, 1.54) is 4.90 Å². The smallest absolute Gasteiger partial charge is 0.344 e. The molecule has 2 aromatic rings. The first-order valence-electron chi connectivity index (χ1n) is 9.04. The molecule has 1 atom stereocenters. The van der Waals surface area contributed by atoms with Crippen LogP contribution in [0.1, 0.15) is 36.1 Å². The number of rotatable bonds is 0. The van der Waals surface area contributed by atoms with E-state index in [2.05, 4.69) is 15.9 Å². The lowest BCUT2D eigenvalue weighted by Crippen LogP contribution is -2.49. The number of allylic oxidation sites excluding steroid dienone is 1. The molecule has 2 aliphatic heterocycles. The molecule has 0 bridgehead atoms. The summed E-state index contributed by atoms with van der Waals surface area (Å²) in [6.07, 6.45) is 1.50. The molecule has 3 heterocycles. The molecular formula is C21H16BrNO5. The van der Waals surface area contributed by atoms with Crippen molar-refractivity contribution >= 4 is 33.3 Å². The van der Waals surface area contributed by atoms with Gasteiger partial charge in [0.15, 0.2) is 5.78 Å². The number of halogens is 1. The van der Waals surface area contributed by atoms with Gasteiger partial charge in [-0.05, 0) is 25.5 Å². The van der Waals surface area contributed by atoms with Crippen LogP contribution in [0.15, 0.2) is 49.3 Å². The van der Waals surface area contributed by atoms with Gasteiger partial charge in [-0.25, -0.2) is 4.79 Å². The zero-order valence-electron chi connectivity index (χ0n) is 15.3. The lowest BCUT2D eigenvalue weighted by molar-refractivity contribution is -0.124. The van der Waals surface area contributed by atoms with Crippen LogP contribution in [0.2, 0.25) is 0 Å². The van der Waals surface area contributed by atoms with Crippen molar-refractivity contribution in [2.75, 3.05) is 11.9 Å². The second-order valence-electron chi connectivity index (χ2n) is 7.31. The largest absolute Gasteiger partial charge is 0.460 e. The number of hydrogen-bond acceptors (Lipinski definition) is 5. The van der Waals surface area contributed by atoms with Gasteiger partial charge in [0.1, 0.15) is 28.2 Å². The van der Waals surface area contributed by atoms with Crippen LogP contribution in [0.25, 0.3) is 0 Å². The second kappa shape index (κ2) is 5.67. The Morgan fingerprint density at radius 2 is 1.93 bits per heavy atom. The van der Waals surface area contributed by atoms with Gasteiger partial charge in [0.2, 0.25) is 5.91 Å². The fourth-order valence-electron chi connectivity index (χ4n) is 4.69. The Kier molecular flexibility index (Phi) is 3.53. The van der Waals surface area contributed by atoms with Gasteiger partial charge in [-0.15, -0.1) is 0 Å². The minimum absolute atomic E-state index is 0.0783. The van der Waals surface area contributed by atoms with Gasteiger partial charge in [-0.3, -0.25) is 9.59 Å². The van der Waals surface area contributed by atoms with E-state index in [0.29, 0.717) is 46.5 Å². The topological polar surface area (TPSA) is 76.8 Å². The third-order valence-electron chi connectivity index (χ3n) is 5.74. The number of benzene rings is 1. The Balaban J connectivity index is 2.01. The highest BCUT2D eigenvalue weighted by molar-refractivity contribution is 9.10. The Morgan fingerprint density at radius 1 is 1.14 bits per heavy atom. The van der Waals surface area contributed by atoms with Gasteiger partial charge in [-0.1, -0.05) is 22.0 Å². The van der Waals surface area contributed by atoms with Crippen LogP contribution in [0.5, 0.6) is 5.75 Å². The summed E-state index contributed by atoms with van der Waals surface area (Å²) in [7, 11) is 1.65. The maximum Gasteiger partial charge on any atom is 0.344 e. The molecule has 3 aliphatic rings. The zero-order valence-corrected chi connectivity index (χ0v) is 16.9. The van der Waals surface area contributed by atoms with Crippen molar-refractivity contribution in [2.24, 2.45) is 0 Å². The van der Waals surface area contributed by atoms with Crippen molar-refractivity contribution in [3.8, 4) is 5.75 Å². The Labute approximate surface area is 168 Å². The summed E-state index contributed by atoms with van der Waals surface area (Å²) in [5.74, 6) is 0.623. The number of ketones is 1. The predicted octanol–water partition coefficient (Wildman–Crippen LogP) is 3.37. The summed E-state index contributed by atoms with van der Waals surface area (Å²) in [5.41, 5.74) is -0.632. The lowest BCUT2D eigenvalue weighted by atomic mass is 9.65. The fourth-order valence-corrected chi connectivity index (χ4v) is 5.34. The molecule has 0 saturated carbocycles. The highest BCUT2D eigenvalue weighted by Crippen LogP contribution is 2.57. The van der Waals surface area contributed by atoms with Crippen LogP contribution in [0.4, 0.5) is 5.69 Å². The number of hydrogen-bond donors (Lipinski definition) is 0. The third-order valence-corrected chi connectivity index (χ3v) is 6.40. The molecule has 0 unspecified atom stereocenters. The first-order chi connectivity index (χ1) is 13.4. The normalized spacial score (nSPS) is 22.9. The van der Waals surface area contributed by atoms with E-state index in [9.17, 15) is 14.4 Å². The number of Topliss-reactive ketones (excluding diaryl/α,β-unsaturated/α-hetero) is 1. The molecule has 142 valence electrons. The van der Waals surface area contributed by atoms with Crippen LogP contribution in [-0.4, -0.2) is 18.7 Å². The molecule has 0 N–H and O–H groups in total. The highest BCUT2D eigenvalue weighted by atomic mass is 79.9. The number of carbonyl (C=O) groups is 2. The van der Waals surface area contributed by atoms with E-state index in [-0.39, 0.29) is 28.6 Å². The Hall–Kier alpha value is -2.67. The van der Waals surface area contributed by atoms with Crippen LogP contribution in [0, 0.1) is 6.92 Å². The summed E-state index contributed by atoms with van der Waals surface area (Å²) < 4.78 is 12.0. The number of fused-ring (bicyclic) bond motifs is 5. The van der Waals surface area contributed by atoms with Crippen molar-refractivity contribution in [2.45, 2.75) is 31.6 Å². The van der Waals surface area contributed by atoms with Gasteiger partial charge >= 0.3 is 5.63 Å². The SMILES string of the molecule is Cc1cc2c(c(=O)o1)[C@@]1(C(=O)N(C)c3cccc(Br)c31)C1=C(CCCC1=O)O2. The number of amides is 1. The molecule has 1 aliphatic carbocycles. The van der Waals surface area contributed by atoms with E-state index in [1.807, 2.05) is 18.2 Å². The summed E-state index contributed by atoms with van der Waals surface area (Å²) >= 11 is 3.55. The van der Waals surface area contributed by atoms with E-state index < -0.39 is 11.0 Å². The van der Waals surface area contributed by atoms with E-state index in [4.69, 9.17) is 9.15 Å². The molecule has 5 rings (SSSR count). The van der Waals surface area contributed by atoms with Crippen molar-refractivity contribution in [1.29, 1.82) is 0 Å². The molecule has 6 nitrogen and oxygen atoms in total. The van der Waals surface area contributed by atoms with Crippen LogP contribution in [0.3, 0.4) is 0 Å². The molecule has 1 amide bonds. The number of nitrogens with zero attached hydrogens (tertiary/aromatic N) is 1. The summed E-state index contributed by atoms with van der Waals surface area (Å²) in [5, 5.41) is 0. The summed E-state index contributed by atoms with van der Waals surface area (Å²) in [4.78, 5) is 41.4. The number of ether oxygens (including phenoxy) is 1. The van der Waals surface area contributed by atoms with Gasteiger partial charge in [0, 0.05) is 41.7 Å². The van der Waals surface area contributed by atoms with Crippen molar-refractivity contribution in [1.82, 2.24) is 0 Å². The highest BCUT2D eigenvalue weighted by Gasteiger charge is 2.62. The number of carbonyl (C=O) groups excluding carboxylic acids is 2. The minimum Gasteiger partial charge on any atom is -0.460 e. The molecule has 1 spiro atoms. The molecule has 0 radical (unpaired) electrons. The molecule has 0 saturated heterocycles. The Bertz CT molecular complexity index is 1180. The quantitative estimate of drug-likeness (QED) is 0.626. The van der Waals surface area contributed by atoms with E-state index in [1.54, 1.807) is 20.0 Å². The molecule has 1 aromatic carbocycles. The minimum atomic E-state index is -1.56. The lowest BCUT2D eigenvalue weighted by Gasteiger charge is -2.38. The molecule has 1 aromatic heterocycles. The average molecular weight is 442 g/mol. The van der Waals surface area contributed by atoms with Crippen molar-refractivity contribution in [3.05, 3.63) is 67.4 Å². The second-order valence-corrected chi connectivity index (χ2v) is 8.16. The molecular weight excluding hydrogens is 426 g/mol. The van der Waals surface area contributed by atoms with Crippen LogP contribution in [-0.2, 0) is 15.0 Å². The molecule has 28 heavy (non-hydrogen) atoms. The third kappa shape index (κ3) is 1.95. The number of aryl methyl sites for hydroxylation is 1. The zero-order chi connectivity index (χ0) is 19.8. The van der Waals surface area contributed by atoms with Crippen LogP contribution < -0.4 is 15.3 Å². The van der Waals surface area contributed by atoms with Crippen molar-refractivity contribution < 1.29 is 18.7 Å². The van der Waals surface area contributed by atoms with Crippen LogP contribution >= 0.6 is 15.9 Å². The van der Waals surface area contributed by atoms with Gasteiger partial charge in [0.25, 0.3) is 0 Å². The maximum absolute atomic E-state index is 13.8. The summed E-state index contributed by atoms with van der Waals surface area (Å²) in [6, 6.07) is 7.06. The maximum atomic E-state index is 13.8. The Morgan fingerprint density at radius 3 is 2.71 bits per heavy atom. The molecule has 7 heteroatoms. The molecule has 0 fully saturated rings. The average Bonchev–Trinajstić information content (AvgIpc) is 2.85. The predicted molar refractivity (Wildman–Crippen MR) is 105 cm³/mol. The van der Waals surface area contributed by atoms with Crippen molar-refractivity contribution in [3.63, 3.8) is 0 Å².